The molecule has 0 saturated carbocycles. The minimum absolute atomic E-state index is 0.171. The molecule has 6 heteroatoms. The number of fused-ring (bicyclic) bond motifs is 1. The Morgan fingerprint density at radius 2 is 2.03 bits per heavy atom. The number of hydrogen-bond acceptors (Lipinski definition) is 3. The number of aromatic amines is 1. The molecule has 30 heavy (non-hydrogen) atoms. The topological polar surface area (TPSA) is 77.2 Å². The molecule has 1 atom stereocenters. The second-order valence-corrected chi connectivity index (χ2v) is 8.11. The molecule has 2 amide bonds. The zero-order valence-corrected chi connectivity index (χ0v) is 17.3. The molecule has 1 unspecified atom stereocenters. The summed E-state index contributed by atoms with van der Waals surface area (Å²) in [4.78, 5) is 30.5. The molecule has 6 nitrogen and oxygen atoms in total. The van der Waals surface area contributed by atoms with E-state index in [2.05, 4.69) is 44.8 Å². The van der Waals surface area contributed by atoms with E-state index in [0.717, 1.165) is 43.6 Å². The summed E-state index contributed by atoms with van der Waals surface area (Å²) < 4.78 is 0. The van der Waals surface area contributed by atoms with Gasteiger partial charge < -0.3 is 20.5 Å². The van der Waals surface area contributed by atoms with Gasteiger partial charge in [-0.05, 0) is 49.9 Å². The van der Waals surface area contributed by atoms with Crippen LogP contribution in [-0.4, -0.2) is 42.1 Å². The van der Waals surface area contributed by atoms with Crippen LogP contribution in [0.5, 0.6) is 0 Å². The summed E-state index contributed by atoms with van der Waals surface area (Å²) >= 11 is 0. The first kappa shape index (κ1) is 20.2. The van der Waals surface area contributed by atoms with Crippen LogP contribution in [-0.2, 0) is 6.42 Å². The number of urea groups is 1. The Balaban J connectivity index is 1.26. The van der Waals surface area contributed by atoms with Crippen molar-refractivity contribution in [3.63, 3.8) is 0 Å². The van der Waals surface area contributed by atoms with Crippen molar-refractivity contribution in [3.8, 4) is 0 Å². The van der Waals surface area contributed by atoms with Gasteiger partial charge in [0.2, 0.25) is 5.43 Å². The zero-order chi connectivity index (χ0) is 20.9. The van der Waals surface area contributed by atoms with E-state index in [0.29, 0.717) is 17.8 Å². The van der Waals surface area contributed by atoms with Gasteiger partial charge >= 0.3 is 6.03 Å². The van der Waals surface area contributed by atoms with Crippen LogP contribution in [0.3, 0.4) is 0 Å². The maximum absolute atomic E-state index is 12.6. The number of benzene rings is 2. The molecular weight excluding hydrogens is 376 g/mol. The molecule has 156 valence electrons. The summed E-state index contributed by atoms with van der Waals surface area (Å²) in [6.07, 6.45) is 3.68. The van der Waals surface area contributed by atoms with Gasteiger partial charge in [-0.1, -0.05) is 42.0 Å². The summed E-state index contributed by atoms with van der Waals surface area (Å²) in [7, 11) is 0. The lowest BCUT2D eigenvalue weighted by Crippen LogP contribution is -2.35. The van der Waals surface area contributed by atoms with E-state index in [1.807, 2.05) is 31.2 Å². The lowest BCUT2D eigenvalue weighted by molar-refractivity contribution is 0.249. The molecule has 0 radical (unpaired) electrons. The monoisotopic (exact) mass is 404 g/mol. The number of nitrogens with zero attached hydrogens (tertiary/aromatic N) is 1. The van der Waals surface area contributed by atoms with E-state index < -0.39 is 0 Å². The second-order valence-electron chi connectivity index (χ2n) is 8.11. The Kier molecular flexibility index (Phi) is 6.14. The highest BCUT2D eigenvalue weighted by Gasteiger charge is 2.22. The van der Waals surface area contributed by atoms with Gasteiger partial charge in [-0.15, -0.1) is 0 Å². The third kappa shape index (κ3) is 4.89. The fourth-order valence-electron chi connectivity index (χ4n) is 4.04. The Morgan fingerprint density at radius 1 is 1.20 bits per heavy atom. The molecular formula is C24H28N4O2. The van der Waals surface area contributed by atoms with Crippen LogP contribution in [0.4, 0.5) is 10.5 Å². The van der Waals surface area contributed by atoms with Crippen molar-refractivity contribution in [2.75, 3.05) is 31.5 Å². The van der Waals surface area contributed by atoms with E-state index in [4.69, 9.17) is 0 Å². The van der Waals surface area contributed by atoms with Crippen molar-refractivity contribution in [2.45, 2.75) is 19.8 Å². The van der Waals surface area contributed by atoms with E-state index in [1.165, 1.54) is 5.56 Å². The largest absolute Gasteiger partial charge is 0.359 e. The lowest BCUT2D eigenvalue weighted by atomic mass is 10.1. The number of aromatic nitrogens is 1. The molecule has 2 heterocycles. The number of carbonyl (C=O) groups is 1. The molecule has 2 aromatic carbocycles. The Morgan fingerprint density at radius 3 is 2.87 bits per heavy atom. The van der Waals surface area contributed by atoms with Crippen LogP contribution in [0.2, 0.25) is 0 Å². The molecule has 1 fully saturated rings. The molecule has 1 aromatic heterocycles. The average Bonchev–Trinajstić information content (AvgIpc) is 3.22. The first-order chi connectivity index (χ1) is 14.6. The van der Waals surface area contributed by atoms with Crippen molar-refractivity contribution < 1.29 is 4.79 Å². The predicted octanol–water partition coefficient (Wildman–Crippen LogP) is 3.52. The number of H-pyrrole nitrogens is 1. The van der Waals surface area contributed by atoms with Crippen molar-refractivity contribution in [1.29, 1.82) is 0 Å². The SMILES string of the molecule is Cc1ccc2[nH]cc(NC(=O)NCC3CCN(CCc4ccccc4)C3)c(=O)c2c1. The third-order valence-electron chi connectivity index (χ3n) is 5.77. The smallest absolute Gasteiger partial charge is 0.319 e. The molecule has 3 aromatic rings. The highest BCUT2D eigenvalue weighted by atomic mass is 16.2. The van der Waals surface area contributed by atoms with Crippen LogP contribution in [0.15, 0.2) is 59.5 Å². The van der Waals surface area contributed by atoms with Crippen LogP contribution < -0.4 is 16.1 Å². The van der Waals surface area contributed by atoms with E-state index in [9.17, 15) is 9.59 Å². The minimum atomic E-state index is -0.338. The van der Waals surface area contributed by atoms with Gasteiger partial charge in [-0.2, -0.15) is 0 Å². The molecule has 0 bridgehead atoms. The van der Waals surface area contributed by atoms with E-state index in [-0.39, 0.29) is 17.1 Å². The van der Waals surface area contributed by atoms with Gasteiger partial charge in [0.25, 0.3) is 0 Å². The summed E-state index contributed by atoms with van der Waals surface area (Å²) in [5.74, 6) is 0.434. The Labute approximate surface area is 176 Å². The highest BCUT2D eigenvalue weighted by molar-refractivity contribution is 5.92. The standard InChI is InChI=1S/C24H28N4O2/c1-17-7-8-21-20(13-17)23(29)22(15-25-21)27-24(30)26-14-19-10-12-28(16-19)11-9-18-5-3-2-4-6-18/h2-8,13,15,19H,9-12,14,16H2,1H3,(H,25,29)(H2,26,27,30). The first-order valence-electron chi connectivity index (χ1n) is 10.5. The second kappa shape index (κ2) is 9.13. The number of anilines is 1. The van der Waals surface area contributed by atoms with Crippen molar-refractivity contribution in [2.24, 2.45) is 5.92 Å². The van der Waals surface area contributed by atoms with Crippen LogP contribution in [0.25, 0.3) is 10.9 Å². The predicted molar refractivity (Wildman–Crippen MR) is 121 cm³/mol. The van der Waals surface area contributed by atoms with Gasteiger partial charge in [-0.3, -0.25) is 4.79 Å². The van der Waals surface area contributed by atoms with Crippen LogP contribution >= 0.6 is 0 Å². The van der Waals surface area contributed by atoms with E-state index >= 15 is 0 Å². The normalized spacial score (nSPS) is 16.6. The summed E-state index contributed by atoms with van der Waals surface area (Å²) in [6, 6.07) is 15.8. The molecule has 0 spiro atoms. The number of hydrogen-bond donors (Lipinski definition) is 3. The fraction of sp³-hybridized carbons (Fsp3) is 0.333. The number of pyridine rings is 1. The van der Waals surface area contributed by atoms with Gasteiger partial charge in [0.05, 0.1) is 0 Å². The van der Waals surface area contributed by atoms with Crippen LogP contribution in [0.1, 0.15) is 17.5 Å². The van der Waals surface area contributed by atoms with Crippen molar-refractivity contribution >= 4 is 22.6 Å². The van der Waals surface area contributed by atoms with Crippen LogP contribution in [0, 0.1) is 12.8 Å². The fourth-order valence-corrected chi connectivity index (χ4v) is 4.04. The number of likely N-dealkylation sites (tertiary alicyclic amines) is 1. The maximum Gasteiger partial charge on any atom is 0.319 e. The Hall–Kier alpha value is -3.12. The van der Waals surface area contributed by atoms with Gasteiger partial charge in [0, 0.05) is 36.7 Å². The van der Waals surface area contributed by atoms with Gasteiger partial charge in [-0.25, -0.2) is 4.79 Å². The summed E-state index contributed by atoms with van der Waals surface area (Å²) in [6.45, 7) is 5.64. The zero-order valence-electron chi connectivity index (χ0n) is 17.3. The number of nitrogens with one attached hydrogen (secondary N) is 3. The number of amides is 2. The molecule has 1 saturated heterocycles. The third-order valence-corrected chi connectivity index (χ3v) is 5.77. The number of carbonyl (C=O) groups excluding carboxylic acids is 1. The van der Waals surface area contributed by atoms with E-state index in [1.54, 1.807) is 6.20 Å². The number of aryl methyl sites for hydroxylation is 1. The summed E-state index contributed by atoms with van der Waals surface area (Å²) in [5.41, 5.74) is 3.22. The Bertz CT molecular complexity index is 1080. The molecule has 4 rings (SSSR count). The molecule has 1 aliphatic rings. The molecule has 1 aliphatic heterocycles. The average molecular weight is 405 g/mol. The molecule has 0 aliphatic carbocycles. The number of rotatable bonds is 6. The lowest BCUT2D eigenvalue weighted by Gasteiger charge is -2.16. The highest BCUT2D eigenvalue weighted by Crippen LogP contribution is 2.16. The summed E-state index contributed by atoms with van der Waals surface area (Å²) in [5, 5.41) is 6.20. The maximum atomic E-state index is 12.6. The van der Waals surface area contributed by atoms with Gasteiger partial charge in [0.1, 0.15) is 5.69 Å². The first-order valence-corrected chi connectivity index (χ1v) is 10.5. The molecule has 3 N–H and O–H groups in total. The van der Waals surface area contributed by atoms with Gasteiger partial charge in [0.15, 0.2) is 0 Å². The van der Waals surface area contributed by atoms with Crippen molar-refractivity contribution in [1.82, 2.24) is 15.2 Å². The van der Waals surface area contributed by atoms with Crippen molar-refractivity contribution in [3.05, 3.63) is 76.1 Å². The quantitative estimate of drug-likeness (QED) is 0.588. The minimum Gasteiger partial charge on any atom is -0.359 e.